The number of nitrogens with one attached hydrogen (secondary N) is 1. The summed E-state index contributed by atoms with van der Waals surface area (Å²) in [6.45, 7) is 3.78. The third-order valence-electron chi connectivity index (χ3n) is 4.92. The van der Waals surface area contributed by atoms with E-state index < -0.39 is 0 Å². The number of aromatic nitrogens is 4. The topological polar surface area (TPSA) is 75.9 Å². The Kier molecular flexibility index (Phi) is 5.34. The van der Waals surface area contributed by atoms with Crippen LogP contribution < -0.4 is 5.32 Å². The molecule has 0 aliphatic carbocycles. The predicted molar refractivity (Wildman–Crippen MR) is 96.4 cm³/mol. The molecule has 1 amide bonds. The first-order chi connectivity index (χ1) is 11.7. The minimum Gasteiger partial charge on any atom is -0.339 e. The third-order valence-corrected chi connectivity index (χ3v) is 4.92. The molecule has 8 heteroatoms. The molecule has 2 saturated heterocycles. The average Bonchev–Trinajstić information content (AvgIpc) is 3.14. The number of aryl methyl sites for hydroxylation is 1. The van der Waals surface area contributed by atoms with Gasteiger partial charge in [-0.3, -0.25) is 4.79 Å². The third kappa shape index (κ3) is 3.99. The molecule has 25 heavy (non-hydrogen) atoms. The molecule has 7 nitrogen and oxygen atoms in total. The molecular formula is C17H23ClN6O. The van der Waals surface area contributed by atoms with Crippen molar-refractivity contribution in [2.75, 3.05) is 13.1 Å². The van der Waals surface area contributed by atoms with Crippen LogP contribution in [0, 0.1) is 6.92 Å². The predicted octanol–water partition coefficient (Wildman–Crippen LogP) is 1.42. The van der Waals surface area contributed by atoms with E-state index in [1.54, 1.807) is 0 Å². The summed E-state index contributed by atoms with van der Waals surface area (Å²) in [4.78, 5) is 15.9. The van der Waals surface area contributed by atoms with Gasteiger partial charge < -0.3 is 10.2 Å². The molecule has 2 aromatic rings. The van der Waals surface area contributed by atoms with Gasteiger partial charge in [0, 0.05) is 30.7 Å². The fraction of sp³-hybridized carbons (Fsp3) is 0.529. The quantitative estimate of drug-likeness (QED) is 0.893. The molecule has 3 heterocycles. The van der Waals surface area contributed by atoms with Gasteiger partial charge in [-0.05, 0) is 31.4 Å². The number of likely N-dealkylation sites (tertiary alicyclic amines) is 1. The van der Waals surface area contributed by atoms with Crippen LogP contribution in [0.15, 0.2) is 24.3 Å². The normalized spacial score (nSPS) is 22.4. The van der Waals surface area contributed by atoms with Gasteiger partial charge in [0.05, 0.1) is 0 Å². The summed E-state index contributed by atoms with van der Waals surface area (Å²) in [6.07, 6.45) is 3.42. The highest BCUT2D eigenvalue weighted by Gasteiger charge is 2.31. The number of nitrogens with zero attached hydrogens (tertiary/aromatic N) is 5. The van der Waals surface area contributed by atoms with Gasteiger partial charge in [0.25, 0.3) is 0 Å². The van der Waals surface area contributed by atoms with E-state index in [4.69, 9.17) is 0 Å². The lowest BCUT2D eigenvalue weighted by molar-refractivity contribution is -0.132. The Morgan fingerprint density at radius 1 is 1.20 bits per heavy atom. The van der Waals surface area contributed by atoms with Crippen molar-refractivity contribution in [3.63, 3.8) is 0 Å². The second kappa shape index (κ2) is 7.49. The minimum atomic E-state index is 0. The number of rotatable bonds is 3. The molecule has 0 saturated carbocycles. The standard InChI is InChI=1S/C17H22N6O.ClH/c1-12-2-4-13(5-3-12)17-19-21-23(20-17)11-16(24)22-9-8-14-6-7-15(10-22)18-14;/h2-5,14-15,18H,6-11H2,1H3;1H. The van der Waals surface area contributed by atoms with E-state index in [1.165, 1.54) is 16.8 Å². The van der Waals surface area contributed by atoms with Crippen LogP contribution in [0.5, 0.6) is 0 Å². The minimum absolute atomic E-state index is 0. The van der Waals surface area contributed by atoms with E-state index in [1.807, 2.05) is 36.1 Å². The number of carbonyl (C=O) groups is 1. The highest BCUT2D eigenvalue weighted by Crippen LogP contribution is 2.20. The molecule has 2 fully saturated rings. The Morgan fingerprint density at radius 2 is 1.96 bits per heavy atom. The monoisotopic (exact) mass is 362 g/mol. The van der Waals surface area contributed by atoms with Crippen LogP contribution >= 0.6 is 12.4 Å². The molecule has 1 aromatic heterocycles. The maximum Gasteiger partial charge on any atom is 0.246 e. The van der Waals surface area contributed by atoms with Crippen molar-refractivity contribution in [3.8, 4) is 11.4 Å². The highest BCUT2D eigenvalue weighted by atomic mass is 35.5. The second-order valence-electron chi connectivity index (χ2n) is 6.78. The van der Waals surface area contributed by atoms with Crippen LogP contribution in [-0.4, -0.2) is 56.2 Å². The van der Waals surface area contributed by atoms with Crippen LogP contribution in [0.25, 0.3) is 11.4 Å². The van der Waals surface area contributed by atoms with E-state index >= 15 is 0 Å². The number of hydrogen-bond acceptors (Lipinski definition) is 5. The lowest BCUT2D eigenvalue weighted by Gasteiger charge is -2.23. The lowest BCUT2D eigenvalue weighted by atomic mass is 10.1. The van der Waals surface area contributed by atoms with Crippen molar-refractivity contribution in [2.45, 2.75) is 44.8 Å². The summed E-state index contributed by atoms with van der Waals surface area (Å²) in [6, 6.07) is 8.98. The van der Waals surface area contributed by atoms with Gasteiger partial charge in [0.2, 0.25) is 11.7 Å². The van der Waals surface area contributed by atoms with Crippen molar-refractivity contribution < 1.29 is 4.79 Å². The van der Waals surface area contributed by atoms with Crippen molar-refractivity contribution in [1.82, 2.24) is 30.4 Å². The Balaban J connectivity index is 0.00000182. The van der Waals surface area contributed by atoms with Crippen LogP contribution in [-0.2, 0) is 11.3 Å². The first-order valence-corrected chi connectivity index (χ1v) is 8.56. The fourth-order valence-electron chi connectivity index (χ4n) is 3.52. The molecule has 134 valence electrons. The van der Waals surface area contributed by atoms with E-state index in [0.29, 0.717) is 17.9 Å². The van der Waals surface area contributed by atoms with Gasteiger partial charge in [-0.25, -0.2) is 0 Å². The smallest absolute Gasteiger partial charge is 0.246 e. The average molecular weight is 363 g/mol. The zero-order valence-corrected chi connectivity index (χ0v) is 15.1. The second-order valence-corrected chi connectivity index (χ2v) is 6.78. The molecule has 0 radical (unpaired) electrons. The number of fused-ring (bicyclic) bond motifs is 2. The van der Waals surface area contributed by atoms with Crippen molar-refractivity contribution >= 4 is 18.3 Å². The van der Waals surface area contributed by atoms with Crippen LogP contribution in [0.3, 0.4) is 0 Å². The molecule has 2 aliphatic rings. The highest BCUT2D eigenvalue weighted by molar-refractivity contribution is 5.85. The Labute approximate surface area is 153 Å². The van der Waals surface area contributed by atoms with Gasteiger partial charge in [-0.15, -0.1) is 22.6 Å². The lowest BCUT2D eigenvalue weighted by Crippen LogP contribution is -2.40. The Morgan fingerprint density at radius 3 is 2.76 bits per heavy atom. The van der Waals surface area contributed by atoms with Gasteiger partial charge >= 0.3 is 0 Å². The van der Waals surface area contributed by atoms with E-state index in [-0.39, 0.29) is 24.9 Å². The van der Waals surface area contributed by atoms with Crippen LogP contribution in [0.1, 0.15) is 24.8 Å². The summed E-state index contributed by atoms with van der Waals surface area (Å²) in [5.74, 6) is 0.622. The van der Waals surface area contributed by atoms with Gasteiger partial charge in [-0.1, -0.05) is 29.8 Å². The number of hydrogen-bond donors (Lipinski definition) is 1. The largest absolute Gasteiger partial charge is 0.339 e. The fourth-order valence-corrected chi connectivity index (χ4v) is 3.52. The van der Waals surface area contributed by atoms with Gasteiger partial charge in [0.1, 0.15) is 6.54 Å². The molecule has 2 bridgehead atoms. The van der Waals surface area contributed by atoms with Crippen LogP contribution in [0.4, 0.5) is 0 Å². The van der Waals surface area contributed by atoms with Gasteiger partial charge in [0.15, 0.2) is 0 Å². The van der Waals surface area contributed by atoms with Gasteiger partial charge in [-0.2, -0.15) is 4.80 Å². The Hall–Kier alpha value is -1.99. The number of benzene rings is 1. The number of halogens is 1. The number of tetrazole rings is 1. The molecule has 2 aliphatic heterocycles. The summed E-state index contributed by atoms with van der Waals surface area (Å²) in [7, 11) is 0. The van der Waals surface area contributed by atoms with Crippen LogP contribution in [0.2, 0.25) is 0 Å². The Bertz CT molecular complexity index is 731. The maximum atomic E-state index is 12.6. The summed E-state index contributed by atoms with van der Waals surface area (Å²) in [5.41, 5.74) is 2.10. The molecule has 2 unspecified atom stereocenters. The summed E-state index contributed by atoms with van der Waals surface area (Å²) >= 11 is 0. The molecule has 1 aromatic carbocycles. The number of carbonyl (C=O) groups excluding carboxylic acids is 1. The van der Waals surface area contributed by atoms with E-state index in [9.17, 15) is 4.79 Å². The van der Waals surface area contributed by atoms with E-state index in [0.717, 1.165) is 31.5 Å². The molecule has 1 N–H and O–H groups in total. The molecule has 0 spiro atoms. The zero-order chi connectivity index (χ0) is 16.5. The first-order valence-electron chi connectivity index (χ1n) is 8.56. The first kappa shape index (κ1) is 17.8. The molecular weight excluding hydrogens is 340 g/mol. The van der Waals surface area contributed by atoms with Crippen molar-refractivity contribution in [3.05, 3.63) is 29.8 Å². The molecule has 4 rings (SSSR count). The molecule has 2 atom stereocenters. The summed E-state index contributed by atoms with van der Waals surface area (Å²) < 4.78 is 0. The maximum absolute atomic E-state index is 12.6. The van der Waals surface area contributed by atoms with Crippen molar-refractivity contribution in [2.24, 2.45) is 0 Å². The van der Waals surface area contributed by atoms with E-state index in [2.05, 4.69) is 20.7 Å². The SMILES string of the molecule is Cc1ccc(-c2nnn(CC(=O)N3CCC4CCC(C3)N4)n2)cc1.Cl. The summed E-state index contributed by atoms with van der Waals surface area (Å²) in [5, 5.41) is 16.0. The number of amides is 1. The van der Waals surface area contributed by atoms with Crippen molar-refractivity contribution in [1.29, 1.82) is 0 Å². The zero-order valence-electron chi connectivity index (χ0n) is 14.3.